The Bertz CT molecular complexity index is 524. The van der Waals surface area contributed by atoms with Crippen molar-refractivity contribution in [3.05, 3.63) is 41.7 Å². The first kappa shape index (κ1) is 17.2. The number of rotatable bonds is 7. The normalized spacial score (nSPS) is 11.6. The van der Waals surface area contributed by atoms with E-state index in [9.17, 15) is 9.59 Å². The lowest BCUT2D eigenvalue weighted by atomic mass is 10.2. The summed E-state index contributed by atoms with van der Waals surface area (Å²) in [5, 5.41) is 6.64. The lowest BCUT2D eigenvalue weighted by molar-refractivity contribution is -0.131. The molecule has 0 saturated heterocycles. The van der Waals surface area contributed by atoms with Gasteiger partial charge in [0, 0.05) is 20.1 Å². The maximum Gasteiger partial charge on any atom is 0.271 e. The van der Waals surface area contributed by atoms with E-state index in [2.05, 4.69) is 39.5 Å². The fourth-order valence-electron chi connectivity index (χ4n) is 1.83. The highest BCUT2D eigenvalue weighted by Gasteiger charge is 2.23. The van der Waals surface area contributed by atoms with Crippen LogP contribution in [-0.4, -0.2) is 45.6 Å². The van der Waals surface area contributed by atoms with Crippen LogP contribution in [-0.2, 0) is 11.8 Å². The Balaban J connectivity index is 2.77. The van der Waals surface area contributed by atoms with Crippen LogP contribution >= 0.6 is 15.9 Å². The van der Waals surface area contributed by atoms with Crippen molar-refractivity contribution in [2.45, 2.75) is 13.0 Å². The summed E-state index contributed by atoms with van der Waals surface area (Å²) in [4.78, 5) is 26.0. The van der Waals surface area contributed by atoms with E-state index in [4.69, 9.17) is 0 Å². The Morgan fingerprint density at radius 3 is 2.48 bits per heavy atom. The van der Waals surface area contributed by atoms with E-state index < -0.39 is 6.04 Å². The third kappa shape index (κ3) is 4.29. The molecule has 1 unspecified atom stereocenters. The quantitative estimate of drug-likeness (QED) is 0.754. The molecule has 0 aromatic carbocycles. The lowest BCUT2D eigenvalue weighted by Crippen LogP contribution is -2.47. The number of carbonyl (C=O) groups is 2. The van der Waals surface area contributed by atoms with Crippen LogP contribution < -0.4 is 5.32 Å². The largest absolute Gasteiger partial charge is 0.339 e. The zero-order chi connectivity index (χ0) is 16.0. The van der Waals surface area contributed by atoms with Crippen molar-refractivity contribution >= 4 is 27.7 Å². The van der Waals surface area contributed by atoms with Crippen LogP contribution in [0.15, 0.2) is 36.0 Å². The Kier molecular flexibility index (Phi) is 6.36. The first-order valence-electron chi connectivity index (χ1n) is 6.41. The average Bonchev–Trinajstić information content (AvgIpc) is 2.77. The van der Waals surface area contributed by atoms with Gasteiger partial charge in [-0.2, -0.15) is 5.10 Å². The number of aromatic nitrogens is 2. The van der Waals surface area contributed by atoms with Gasteiger partial charge in [0.2, 0.25) is 5.91 Å². The van der Waals surface area contributed by atoms with Gasteiger partial charge in [0.05, 0.1) is 10.7 Å². The summed E-state index contributed by atoms with van der Waals surface area (Å²) in [6, 6.07) is -0.654. The van der Waals surface area contributed by atoms with Crippen molar-refractivity contribution in [3.8, 4) is 0 Å². The SMILES string of the molecule is C=CCN(CC=C)C(=O)C(C)NC(=O)c1c(Br)cnn1C. The van der Waals surface area contributed by atoms with Gasteiger partial charge in [0.15, 0.2) is 0 Å². The minimum Gasteiger partial charge on any atom is -0.339 e. The van der Waals surface area contributed by atoms with Crippen LogP contribution in [0.1, 0.15) is 17.4 Å². The number of nitrogens with zero attached hydrogens (tertiary/aromatic N) is 3. The third-order valence-corrected chi connectivity index (χ3v) is 3.42. The molecule has 0 bridgehead atoms. The summed E-state index contributed by atoms with van der Waals surface area (Å²) in [7, 11) is 1.66. The Morgan fingerprint density at radius 2 is 2.05 bits per heavy atom. The lowest BCUT2D eigenvalue weighted by Gasteiger charge is -2.23. The van der Waals surface area contributed by atoms with Crippen molar-refractivity contribution in [1.29, 1.82) is 0 Å². The fourth-order valence-corrected chi connectivity index (χ4v) is 2.36. The second kappa shape index (κ2) is 7.78. The molecule has 1 heterocycles. The van der Waals surface area contributed by atoms with E-state index in [0.717, 1.165) is 0 Å². The molecule has 0 aliphatic carbocycles. The molecular weight excluding hydrogens is 336 g/mol. The van der Waals surface area contributed by atoms with Gasteiger partial charge in [0.25, 0.3) is 5.91 Å². The number of hydrogen-bond donors (Lipinski definition) is 1. The maximum absolute atomic E-state index is 12.3. The molecule has 0 radical (unpaired) electrons. The van der Waals surface area contributed by atoms with Gasteiger partial charge in [-0.3, -0.25) is 14.3 Å². The van der Waals surface area contributed by atoms with Gasteiger partial charge in [-0.25, -0.2) is 0 Å². The summed E-state index contributed by atoms with van der Waals surface area (Å²) in [6.07, 6.45) is 4.80. The van der Waals surface area contributed by atoms with Gasteiger partial charge in [-0.1, -0.05) is 12.2 Å². The highest BCUT2D eigenvalue weighted by Crippen LogP contribution is 2.14. The Hall–Kier alpha value is -1.89. The van der Waals surface area contributed by atoms with E-state index in [1.54, 1.807) is 31.0 Å². The third-order valence-electron chi connectivity index (χ3n) is 2.84. The number of hydrogen-bond acceptors (Lipinski definition) is 3. The van der Waals surface area contributed by atoms with E-state index in [1.165, 1.54) is 10.9 Å². The van der Waals surface area contributed by atoms with E-state index in [1.807, 2.05) is 0 Å². The van der Waals surface area contributed by atoms with Crippen LogP contribution in [0.3, 0.4) is 0 Å². The number of halogens is 1. The van der Waals surface area contributed by atoms with E-state index in [-0.39, 0.29) is 11.8 Å². The summed E-state index contributed by atoms with van der Waals surface area (Å²) < 4.78 is 2.03. The smallest absolute Gasteiger partial charge is 0.271 e. The predicted octanol–water partition coefficient (Wildman–Crippen LogP) is 1.50. The van der Waals surface area contributed by atoms with Gasteiger partial charge >= 0.3 is 0 Å². The molecule has 0 fully saturated rings. The average molecular weight is 355 g/mol. The van der Waals surface area contributed by atoms with Crippen molar-refractivity contribution in [1.82, 2.24) is 20.0 Å². The minimum absolute atomic E-state index is 0.193. The van der Waals surface area contributed by atoms with Gasteiger partial charge in [0.1, 0.15) is 11.7 Å². The molecule has 1 N–H and O–H groups in total. The summed E-state index contributed by atoms with van der Waals surface area (Å²) in [5.74, 6) is -0.554. The molecule has 0 aliphatic rings. The molecule has 7 heteroatoms. The van der Waals surface area contributed by atoms with Crippen LogP contribution in [0.5, 0.6) is 0 Å². The molecule has 1 rings (SSSR count). The minimum atomic E-state index is -0.654. The molecule has 6 nitrogen and oxygen atoms in total. The second-order valence-electron chi connectivity index (χ2n) is 4.48. The Morgan fingerprint density at radius 1 is 1.48 bits per heavy atom. The Labute approximate surface area is 132 Å². The molecule has 0 spiro atoms. The molecule has 0 saturated carbocycles. The molecule has 0 aliphatic heterocycles. The van der Waals surface area contributed by atoms with Gasteiger partial charge in [-0.15, -0.1) is 13.2 Å². The number of amides is 2. The second-order valence-corrected chi connectivity index (χ2v) is 5.33. The molecule has 1 aromatic heterocycles. The van der Waals surface area contributed by atoms with E-state index >= 15 is 0 Å². The molecule has 1 atom stereocenters. The van der Waals surface area contributed by atoms with Gasteiger partial charge in [-0.05, 0) is 22.9 Å². The topological polar surface area (TPSA) is 67.2 Å². The molecule has 21 heavy (non-hydrogen) atoms. The summed E-state index contributed by atoms with van der Waals surface area (Å²) in [5.41, 5.74) is 0.369. The molecule has 2 amide bonds. The van der Waals surface area contributed by atoms with Crippen LogP contribution in [0.2, 0.25) is 0 Å². The standard InChI is InChI=1S/C14H19BrN4O2/c1-5-7-19(8-6-2)14(21)10(3)17-13(20)12-11(15)9-16-18(12)4/h5-6,9-10H,1-2,7-8H2,3-4H3,(H,17,20). The monoisotopic (exact) mass is 354 g/mol. The van der Waals surface area contributed by atoms with Crippen molar-refractivity contribution in [3.63, 3.8) is 0 Å². The highest BCUT2D eigenvalue weighted by molar-refractivity contribution is 9.10. The number of aryl methyl sites for hydroxylation is 1. The van der Waals surface area contributed by atoms with Crippen LogP contribution in [0.25, 0.3) is 0 Å². The number of nitrogens with one attached hydrogen (secondary N) is 1. The molecule has 114 valence electrons. The fraction of sp³-hybridized carbons (Fsp3) is 0.357. The molecule has 1 aromatic rings. The van der Waals surface area contributed by atoms with Crippen molar-refractivity contribution in [2.24, 2.45) is 7.05 Å². The molecular formula is C14H19BrN4O2. The summed E-state index contributed by atoms with van der Waals surface area (Å²) >= 11 is 3.26. The van der Waals surface area contributed by atoms with Crippen LogP contribution in [0, 0.1) is 0 Å². The zero-order valence-corrected chi connectivity index (χ0v) is 13.8. The van der Waals surface area contributed by atoms with Gasteiger partial charge < -0.3 is 10.2 Å². The first-order chi connectivity index (χ1) is 9.92. The predicted molar refractivity (Wildman–Crippen MR) is 84.8 cm³/mol. The van der Waals surface area contributed by atoms with E-state index in [0.29, 0.717) is 23.3 Å². The maximum atomic E-state index is 12.3. The number of carbonyl (C=O) groups excluding carboxylic acids is 2. The van der Waals surface area contributed by atoms with Crippen LogP contribution in [0.4, 0.5) is 0 Å². The summed E-state index contributed by atoms with van der Waals surface area (Å²) in [6.45, 7) is 9.68. The first-order valence-corrected chi connectivity index (χ1v) is 7.20. The van der Waals surface area contributed by atoms with Crippen molar-refractivity contribution in [2.75, 3.05) is 13.1 Å². The zero-order valence-electron chi connectivity index (χ0n) is 12.2. The highest BCUT2D eigenvalue weighted by atomic mass is 79.9. The van der Waals surface area contributed by atoms with Crippen molar-refractivity contribution < 1.29 is 9.59 Å².